The first kappa shape index (κ1) is 6.23. The van der Waals surface area contributed by atoms with Crippen molar-refractivity contribution in [3.05, 3.63) is 12.7 Å². The molecular weight excluding hydrogens is 160 g/mol. The Kier molecular flexibility index (Phi) is 0.639. The van der Waals surface area contributed by atoms with Crippen molar-refractivity contribution in [2.45, 2.75) is 12.5 Å². The first-order chi connectivity index (χ1) is 6.32. The lowest BCUT2D eigenvalue weighted by Crippen LogP contribution is -2.39. The van der Waals surface area contributed by atoms with E-state index in [1.165, 1.54) is 0 Å². The van der Waals surface area contributed by atoms with Crippen molar-refractivity contribution in [3.63, 3.8) is 0 Å². The van der Waals surface area contributed by atoms with Crippen LogP contribution in [-0.4, -0.2) is 11.2 Å². The SMILES string of the molecule is C=CC12C3C4C5C[C@@H](O)C(C43)C1C52. The van der Waals surface area contributed by atoms with Crippen molar-refractivity contribution in [2.75, 3.05) is 0 Å². The maximum Gasteiger partial charge on any atom is 0.0577 e. The van der Waals surface area contributed by atoms with Crippen LogP contribution < -0.4 is 0 Å². The molecule has 0 heterocycles. The van der Waals surface area contributed by atoms with Gasteiger partial charge < -0.3 is 5.11 Å². The van der Waals surface area contributed by atoms with Crippen LogP contribution in [0.4, 0.5) is 0 Å². The molecule has 1 N–H and O–H groups in total. The van der Waals surface area contributed by atoms with Gasteiger partial charge in [-0.2, -0.15) is 0 Å². The second-order valence-electron chi connectivity index (χ2n) is 5.98. The van der Waals surface area contributed by atoms with E-state index in [9.17, 15) is 5.11 Å². The fourth-order valence-electron chi connectivity index (χ4n) is 6.34. The molecule has 0 aliphatic heterocycles. The summed E-state index contributed by atoms with van der Waals surface area (Å²) in [4.78, 5) is 0. The van der Waals surface area contributed by atoms with Crippen molar-refractivity contribution in [1.29, 1.82) is 0 Å². The van der Waals surface area contributed by atoms with Crippen LogP contribution >= 0.6 is 0 Å². The smallest absolute Gasteiger partial charge is 0.0577 e. The van der Waals surface area contributed by atoms with Crippen LogP contribution in [0.15, 0.2) is 12.7 Å². The summed E-state index contributed by atoms with van der Waals surface area (Å²) in [5, 5.41) is 9.98. The standard InChI is InChI=1S/C12H14O/c1-2-12-9-4-3-5(13)7(11(9)12)8-6(4)10(8)12/h2,4-11,13H,1,3H2/t4?,5-,6?,7?,8?,9?,10?,11?,12?/m1/s1. The van der Waals surface area contributed by atoms with Gasteiger partial charge in [0.15, 0.2) is 0 Å². The zero-order chi connectivity index (χ0) is 8.53. The van der Waals surface area contributed by atoms with Gasteiger partial charge in [0, 0.05) is 0 Å². The predicted molar refractivity (Wildman–Crippen MR) is 47.7 cm³/mol. The van der Waals surface area contributed by atoms with E-state index in [0.29, 0.717) is 11.3 Å². The predicted octanol–water partition coefficient (Wildman–Crippen LogP) is 1.29. The molecule has 0 spiro atoms. The molecule has 0 amide bonds. The minimum Gasteiger partial charge on any atom is -0.393 e. The van der Waals surface area contributed by atoms with E-state index in [4.69, 9.17) is 0 Å². The van der Waals surface area contributed by atoms with Crippen LogP contribution in [0.2, 0.25) is 0 Å². The first-order valence-corrected chi connectivity index (χ1v) is 5.64. The van der Waals surface area contributed by atoms with Crippen LogP contribution in [0.1, 0.15) is 6.42 Å². The Hall–Kier alpha value is -0.300. The van der Waals surface area contributed by atoms with Crippen molar-refractivity contribution in [2.24, 2.45) is 46.8 Å². The van der Waals surface area contributed by atoms with E-state index < -0.39 is 0 Å². The summed E-state index contributed by atoms with van der Waals surface area (Å²) in [6, 6.07) is 0. The molecule has 1 nitrogen and oxygen atoms in total. The zero-order valence-corrected chi connectivity index (χ0v) is 7.56. The molecule has 13 heavy (non-hydrogen) atoms. The Balaban J connectivity index is 1.80. The lowest BCUT2D eigenvalue weighted by molar-refractivity contribution is -0.0127. The molecule has 8 unspecified atom stereocenters. The molecule has 6 fully saturated rings. The third-order valence-corrected chi connectivity index (χ3v) is 6.27. The summed E-state index contributed by atoms with van der Waals surface area (Å²) in [5.41, 5.74) is 0.558. The molecule has 6 aliphatic carbocycles. The second kappa shape index (κ2) is 1.33. The van der Waals surface area contributed by atoms with Gasteiger partial charge in [-0.25, -0.2) is 0 Å². The van der Waals surface area contributed by atoms with Gasteiger partial charge in [-0.15, -0.1) is 6.58 Å². The highest BCUT2D eigenvalue weighted by Gasteiger charge is 2.95. The molecule has 6 rings (SSSR count). The van der Waals surface area contributed by atoms with Crippen molar-refractivity contribution >= 4 is 0 Å². The Morgan fingerprint density at radius 1 is 1.15 bits per heavy atom. The van der Waals surface area contributed by atoms with Gasteiger partial charge in [0.2, 0.25) is 0 Å². The number of allylic oxidation sites excluding steroid dienone is 1. The fraction of sp³-hybridized carbons (Fsp3) is 0.833. The number of fused-ring (bicyclic) bond motifs is 1. The second-order valence-corrected chi connectivity index (χ2v) is 5.98. The third kappa shape index (κ3) is 0.342. The van der Waals surface area contributed by atoms with Gasteiger partial charge >= 0.3 is 0 Å². The largest absolute Gasteiger partial charge is 0.393 e. The lowest BCUT2D eigenvalue weighted by Gasteiger charge is -2.38. The van der Waals surface area contributed by atoms with Gasteiger partial charge in [0.25, 0.3) is 0 Å². The van der Waals surface area contributed by atoms with E-state index >= 15 is 0 Å². The molecule has 9 atom stereocenters. The monoisotopic (exact) mass is 174 g/mol. The highest BCUT2D eigenvalue weighted by Crippen LogP contribution is 2.97. The molecule has 0 saturated heterocycles. The molecule has 2 bridgehead atoms. The lowest BCUT2D eigenvalue weighted by atomic mass is 9.69. The Morgan fingerprint density at radius 2 is 2.00 bits per heavy atom. The minimum absolute atomic E-state index is 0.0572. The molecular formula is C12H14O. The summed E-state index contributed by atoms with van der Waals surface area (Å²) in [6.07, 6.45) is 3.44. The number of hydrogen-bond acceptors (Lipinski definition) is 1. The first-order valence-electron chi connectivity index (χ1n) is 5.64. The molecule has 0 aromatic heterocycles. The Bertz CT molecular complexity index is 345. The van der Waals surface area contributed by atoms with Crippen molar-refractivity contribution in [3.8, 4) is 0 Å². The summed E-state index contributed by atoms with van der Waals surface area (Å²) >= 11 is 0. The van der Waals surface area contributed by atoms with Crippen LogP contribution in [0.25, 0.3) is 0 Å². The zero-order valence-electron chi connectivity index (χ0n) is 7.56. The summed E-state index contributed by atoms with van der Waals surface area (Å²) in [5.74, 6) is 6.38. The number of hydrogen-bond donors (Lipinski definition) is 1. The average Bonchev–Trinajstić information content (AvgIpc) is 2.94. The van der Waals surface area contributed by atoms with E-state index in [1.807, 2.05) is 0 Å². The van der Waals surface area contributed by atoms with Gasteiger partial charge in [0.1, 0.15) is 0 Å². The quantitative estimate of drug-likeness (QED) is 0.594. The Labute approximate surface area is 77.8 Å². The number of aliphatic hydroxyl groups is 1. The summed E-state index contributed by atoms with van der Waals surface area (Å²) < 4.78 is 0. The van der Waals surface area contributed by atoms with Crippen molar-refractivity contribution in [1.82, 2.24) is 0 Å². The number of rotatable bonds is 1. The maximum absolute atomic E-state index is 9.98. The van der Waals surface area contributed by atoms with E-state index in [2.05, 4.69) is 12.7 Å². The van der Waals surface area contributed by atoms with Crippen molar-refractivity contribution < 1.29 is 5.11 Å². The molecule has 68 valence electrons. The highest BCUT2D eigenvalue weighted by molar-refractivity contribution is 5.45. The van der Waals surface area contributed by atoms with E-state index in [0.717, 1.165) is 41.9 Å². The Morgan fingerprint density at radius 3 is 2.54 bits per heavy atom. The maximum atomic E-state index is 9.98. The van der Waals surface area contributed by atoms with Crippen LogP contribution in [0, 0.1) is 46.8 Å². The van der Waals surface area contributed by atoms with Gasteiger partial charge in [-0.05, 0) is 53.3 Å². The average molecular weight is 174 g/mol. The van der Waals surface area contributed by atoms with Crippen LogP contribution in [0.3, 0.4) is 0 Å². The van der Waals surface area contributed by atoms with E-state index in [-0.39, 0.29) is 6.10 Å². The molecule has 0 aromatic carbocycles. The third-order valence-electron chi connectivity index (χ3n) is 6.27. The summed E-state index contributed by atoms with van der Waals surface area (Å²) in [7, 11) is 0. The van der Waals surface area contributed by atoms with Crippen LogP contribution in [0.5, 0.6) is 0 Å². The molecule has 1 heteroatoms. The van der Waals surface area contributed by atoms with Gasteiger partial charge in [0.05, 0.1) is 6.10 Å². The summed E-state index contributed by atoms with van der Waals surface area (Å²) in [6.45, 7) is 4.05. The molecule has 6 saturated carbocycles. The van der Waals surface area contributed by atoms with Gasteiger partial charge in [-0.1, -0.05) is 6.08 Å². The molecule has 0 radical (unpaired) electrons. The molecule has 0 aromatic rings. The normalized spacial score (nSPS) is 84.1. The fourth-order valence-corrected chi connectivity index (χ4v) is 6.34. The topological polar surface area (TPSA) is 20.2 Å². The number of aliphatic hydroxyl groups excluding tert-OH is 1. The molecule has 6 aliphatic rings. The minimum atomic E-state index is 0.0572. The highest BCUT2D eigenvalue weighted by atomic mass is 16.3. The van der Waals surface area contributed by atoms with Gasteiger partial charge in [-0.3, -0.25) is 0 Å². The van der Waals surface area contributed by atoms with Crippen LogP contribution in [-0.2, 0) is 0 Å². The van der Waals surface area contributed by atoms with E-state index in [1.54, 1.807) is 0 Å².